The number of rotatable bonds is 3. The Hall–Kier alpha value is -2.47. The second-order valence-electron chi connectivity index (χ2n) is 3.87. The summed E-state index contributed by atoms with van der Waals surface area (Å²) in [6.45, 7) is 0. The molecule has 2 aromatic heterocycles. The number of anilines is 2. The maximum absolute atomic E-state index is 10.8. The molecule has 0 aliphatic rings. The lowest BCUT2D eigenvalue weighted by Crippen LogP contribution is -2.02. The predicted molar refractivity (Wildman–Crippen MR) is 74.1 cm³/mol. The summed E-state index contributed by atoms with van der Waals surface area (Å²) in [5.74, 6) is -0.537. The lowest BCUT2D eigenvalue weighted by atomic mass is 10.3. The number of aromatic carboxylic acids is 1. The molecule has 0 radical (unpaired) electrons. The van der Waals surface area contributed by atoms with Crippen LogP contribution >= 0.6 is 11.3 Å². The summed E-state index contributed by atoms with van der Waals surface area (Å²) in [4.78, 5) is 19.1. The topological polar surface area (TPSA) is 75.1 Å². The molecule has 0 bridgehead atoms. The number of carboxylic acid groups (broad SMARTS) is 1. The van der Waals surface area contributed by atoms with Crippen molar-refractivity contribution < 1.29 is 9.90 Å². The number of hydrogen-bond donors (Lipinski definition) is 2. The van der Waals surface area contributed by atoms with Gasteiger partial charge < -0.3 is 10.4 Å². The molecule has 2 N–H and O–H groups in total. The van der Waals surface area contributed by atoms with E-state index in [-0.39, 0.29) is 5.69 Å². The van der Waals surface area contributed by atoms with Gasteiger partial charge in [-0.05, 0) is 30.3 Å². The van der Waals surface area contributed by atoms with Gasteiger partial charge in [0.15, 0.2) is 5.69 Å². The number of hydrogen-bond acceptors (Lipinski definition) is 5. The van der Waals surface area contributed by atoms with Crippen LogP contribution in [0.4, 0.5) is 11.5 Å². The zero-order valence-electron chi connectivity index (χ0n) is 9.70. The first-order valence-corrected chi connectivity index (χ1v) is 6.41. The Morgan fingerprint density at radius 3 is 3.00 bits per heavy atom. The Kier molecular flexibility index (Phi) is 2.85. The van der Waals surface area contributed by atoms with E-state index in [4.69, 9.17) is 5.11 Å². The van der Waals surface area contributed by atoms with Crippen molar-refractivity contribution in [2.24, 2.45) is 0 Å². The number of benzene rings is 1. The fraction of sp³-hybridized carbons (Fsp3) is 0. The van der Waals surface area contributed by atoms with Gasteiger partial charge in [0.2, 0.25) is 0 Å². The van der Waals surface area contributed by atoms with E-state index in [0.29, 0.717) is 5.82 Å². The highest BCUT2D eigenvalue weighted by molar-refractivity contribution is 7.16. The number of nitrogens with one attached hydrogen (secondary N) is 1. The van der Waals surface area contributed by atoms with Crippen molar-refractivity contribution in [1.29, 1.82) is 0 Å². The third-order valence-corrected chi connectivity index (χ3v) is 3.36. The molecule has 0 atom stereocenters. The van der Waals surface area contributed by atoms with Crippen LogP contribution in [0.25, 0.3) is 10.2 Å². The van der Waals surface area contributed by atoms with Gasteiger partial charge in [0.25, 0.3) is 0 Å². The molecule has 0 spiro atoms. The van der Waals surface area contributed by atoms with E-state index in [2.05, 4.69) is 15.3 Å². The minimum atomic E-state index is -1.04. The highest BCUT2D eigenvalue weighted by atomic mass is 32.1. The molecule has 0 saturated carbocycles. The lowest BCUT2D eigenvalue weighted by molar-refractivity contribution is 0.0690. The van der Waals surface area contributed by atoms with Crippen LogP contribution in [-0.4, -0.2) is 21.0 Å². The van der Waals surface area contributed by atoms with Crippen molar-refractivity contribution in [2.75, 3.05) is 5.32 Å². The SMILES string of the molecule is O=C(O)c1cccc(Nc2ccc3ncsc3c2)n1. The number of carbonyl (C=O) groups is 1. The molecule has 1 aromatic carbocycles. The Bertz CT molecular complexity index is 754. The van der Waals surface area contributed by atoms with Gasteiger partial charge >= 0.3 is 5.97 Å². The molecule has 19 heavy (non-hydrogen) atoms. The second-order valence-corrected chi connectivity index (χ2v) is 4.76. The molecular formula is C13H9N3O2S. The maximum Gasteiger partial charge on any atom is 0.354 e. The van der Waals surface area contributed by atoms with E-state index in [1.165, 1.54) is 6.07 Å². The molecule has 0 unspecified atom stereocenters. The molecule has 0 fully saturated rings. The van der Waals surface area contributed by atoms with Gasteiger partial charge in [-0.3, -0.25) is 0 Å². The second kappa shape index (κ2) is 4.66. The largest absolute Gasteiger partial charge is 0.477 e. The third kappa shape index (κ3) is 2.38. The quantitative estimate of drug-likeness (QED) is 0.765. The average Bonchev–Trinajstić information content (AvgIpc) is 2.86. The first kappa shape index (κ1) is 11.6. The molecule has 2 heterocycles. The first-order chi connectivity index (χ1) is 9.22. The number of thiazole rings is 1. The molecule has 5 nitrogen and oxygen atoms in total. The van der Waals surface area contributed by atoms with E-state index < -0.39 is 5.97 Å². The Morgan fingerprint density at radius 2 is 2.16 bits per heavy atom. The van der Waals surface area contributed by atoms with Crippen molar-refractivity contribution in [2.45, 2.75) is 0 Å². The van der Waals surface area contributed by atoms with Crippen LogP contribution in [0.3, 0.4) is 0 Å². The Balaban J connectivity index is 1.91. The van der Waals surface area contributed by atoms with Crippen molar-refractivity contribution >= 4 is 39.0 Å². The molecular weight excluding hydrogens is 262 g/mol. The Morgan fingerprint density at radius 1 is 1.26 bits per heavy atom. The molecule has 3 aromatic rings. The lowest BCUT2D eigenvalue weighted by Gasteiger charge is -2.05. The van der Waals surface area contributed by atoms with Gasteiger partial charge in [0.1, 0.15) is 5.82 Å². The summed E-state index contributed by atoms with van der Waals surface area (Å²) in [5.41, 5.74) is 3.61. The summed E-state index contributed by atoms with van der Waals surface area (Å²) in [6, 6.07) is 10.6. The minimum Gasteiger partial charge on any atom is -0.477 e. The molecule has 0 aliphatic carbocycles. The normalized spacial score (nSPS) is 10.5. The van der Waals surface area contributed by atoms with Crippen LogP contribution in [0.5, 0.6) is 0 Å². The van der Waals surface area contributed by atoms with E-state index in [1.54, 1.807) is 29.0 Å². The highest BCUT2D eigenvalue weighted by Gasteiger charge is 2.05. The maximum atomic E-state index is 10.8. The highest BCUT2D eigenvalue weighted by Crippen LogP contribution is 2.23. The molecule has 0 aliphatic heterocycles. The smallest absolute Gasteiger partial charge is 0.354 e. The molecule has 6 heteroatoms. The number of pyridine rings is 1. The fourth-order valence-corrected chi connectivity index (χ4v) is 2.42. The monoisotopic (exact) mass is 271 g/mol. The zero-order valence-corrected chi connectivity index (χ0v) is 10.5. The van der Waals surface area contributed by atoms with Gasteiger partial charge in [0.05, 0.1) is 15.7 Å². The van der Waals surface area contributed by atoms with Gasteiger partial charge in [-0.1, -0.05) is 6.07 Å². The zero-order chi connectivity index (χ0) is 13.2. The van der Waals surface area contributed by atoms with E-state index in [0.717, 1.165) is 15.9 Å². The number of fused-ring (bicyclic) bond motifs is 1. The van der Waals surface area contributed by atoms with Crippen molar-refractivity contribution in [3.8, 4) is 0 Å². The van der Waals surface area contributed by atoms with Crippen molar-refractivity contribution in [3.05, 3.63) is 47.6 Å². The van der Waals surface area contributed by atoms with E-state index in [9.17, 15) is 4.79 Å². The third-order valence-electron chi connectivity index (χ3n) is 2.57. The molecule has 94 valence electrons. The molecule has 0 amide bonds. The summed E-state index contributed by atoms with van der Waals surface area (Å²) in [7, 11) is 0. The average molecular weight is 271 g/mol. The van der Waals surface area contributed by atoms with Crippen LogP contribution in [-0.2, 0) is 0 Å². The number of carboxylic acids is 1. The van der Waals surface area contributed by atoms with Crippen molar-refractivity contribution in [1.82, 2.24) is 9.97 Å². The van der Waals surface area contributed by atoms with E-state index in [1.807, 2.05) is 18.2 Å². The fourth-order valence-electron chi connectivity index (χ4n) is 1.70. The minimum absolute atomic E-state index is 0.0175. The number of nitrogens with zero attached hydrogens (tertiary/aromatic N) is 2. The van der Waals surface area contributed by atoms with Gasteiger partial charge in [-0.2, -0.15) is 0 Å². The van der Waals surface area contributed by atoms with E-state index >= 15 is 0 Å². The molecule has 0 saturated heterocycles. The van der Waals surface area contributed by atoms with Crippen LogP contribution < -0.4 is 5.32 Å². The molecule has 3 rings (SSSR count). The van der Waals surface area contributed by atoms with Crippen molar-refractivity contribution in [3.63, 3.8) is 0 Å². The van der Waals surface area contributed by atoms with Crippen LogP contribution in [0, 0.1) is 0 Å². The van der Waals surface area contributed by atoms with Gasteiger partial charge in [-0.25, -0.2) is 14.8 Å². The Labute approximate surface area is 112 Å². The summed E-state index contributed by atoms with van der Waals surface area (Å²) >= 11 is 1.55. The van der Waals surface area contributed by atoms with Crippen LogP contribution in [0.2, 0.25) is 0 Å². The number of aromatic nitrogens is 2. The van der Waals surface area contributed by atoms with Crippen LogP contribution in [0.1, 0.15) is 10.5 Å². The first-order valence-electron chi connectivity index (χ1n) is 5.53. The standard InChI is InChI=1S/C13H9N3O2S/c17-13(18)10-2-1-3-12(16-10)15-8-4-5-9-11(6-8)19-7-14-9/h1-7H,(H,15,16)(H,17,18). The summed E-state index contributed by atoms with van der Waals surface area (Å²) < 4.78 is 1.07. The summed E-state index contributed by atoms with van der Waals surface area (Å²) in [5, 5.41) is 12.0. The predicted octanol–water partition coefficient (Wildman–Crippen LogP) is 3.13. The van der Waals surface area contributed by atoms with Gasteiger partial charge in [0, 0.05) is 5.69 Å². The van der Waals surface area contributed by atoms with Gasteiger partial charge in [-0.15, -0.1) is 11.3 Å². The summed E-state index contributed by atoms with van der Waals surface area (Å²) in [6.07, 6.45) is 0. The van der Waals surface area contributed by atoms with Crippen LogP contribution in [0.15, 0.2) is 41.9 Å².